The molecular formula is C5H10O5. The predicted octanol–water partition coefficient (Wildman–Crippen LogP) is -2.58. The maximum Gasteiger partial charge on any atom is 0.183 e. The fourth-order valence-electron chi connectivity index (χ4n) is 0.791. The smallest absolute Gasteiger partial charge is 0.183 e. The van der Waals surface area contributed by atoms with E-state index in [0.717, 1.165) is 0 Å². The SMILES string of the molecule is O[13CH]1O[13CH2][13C@@H](O)[13C@H](O)[13C@@H]1O. The maximum atomic E-state index is 8.88. The molecule has 1 rings (SSSR count). The standard InChI is InChI=1S/C5H10O5/c6-2-1-10-5(9)4(8)3(2)7/h2-9H,1H2/t2-,3+,4+,5?/m1/s1/i1+1,2+1,3+1,4+1,5+1. The molecule has 0 aromatic carbocycles. The Hall–Kier alpha value is -0.200. The Morgan fingerprint density at radius 1 is 1.00 bits per heavy atom. The first-order valence-electron chi connectivity index (χ1n) is 2.97. The molecule has 10 heavy (non-hydrogen) atoms. The Balaban J connectivity index is 2.52. The Bertz CT molecular complexity index is 103. The minimum atomic E-state index is -1.41. The fourth-order valence-corrected chi connectivity index (χ4v) is 0.791. The van der Waals surface area contributed by atoms with Crippen LogP contribution in [-0.2, 0) is 4.74 Å². The van der Waals surface area contributed by atoms with E-state index in [1.54, 1.807) is 0 Å². The van der Waals surface area contributed by atoms with E-state index >= 15 is 0 Å². The third kappa shape index (κ3) is 1.28. The van der Waals surface area contributed by atoms with Gasteiger partial charge in [0.15, 0.2) is 6.29 Å². The average molecular weight is 155 g/mol. The van der Waals surface area contributed by atoms with Crippen molar-refractivity contribution < 1.29 is 25.2 Å². The lowest BCUT2D eigenvalue weighted by molar-refractivity contribution is -0.252. The van der Waals surface area contributed by atoms with Gasteiger partial charge in [0, 0.05) is 0 Å². The average Bonchev–Trinajstić information content (AvgIpc) is 1.93. The molecule has 0 bridgehead atoms. The van der Waals surface area contributed by atoms with Crippen LogP contribution in [0.2, 0.25) is 0 Å². The molecule has 0 radical (unpaired) electrons. The quantitative estimate of drug-likeness (QED) is 0.288. The Morgan fingerprint density at radius 3 is 2.10 bits per heavy atom. The molecule has 0 spiro atoms. The summed E-state index contributed by atoms with van der Waals surface area (Å²) < 4.78 is 4.47. The molecular weight excluding hydrogens is 145 g/mol. The number of rotatable bonds is 0. The highest BCUT2D eigenvalue weighted by Crippen LogP contribution is 2.12. The van der Waals surface area contributed by atoms with E-state index in [-0.39, 0.29) is 6.61 Å². The molecule has 0 aromatic heterocycles. The summed E-state index contributed by atoms with van der Waals surface area (Å²) in [6.45, 7) is -0.153. The van der Waals surface area contributed by atoms with Gasteiger partial charge in [0.2, 0.25) is 0 Å². The van der Waals surface area contributed by atoms with Crippen molar-refractivity contribution in [1.82, 2.24) is 0 Å². The van der Waals surface area contributed by atoms with Crippen molar-refractivity contribution in [3.8, 4) is 0 Å². The largest absolute Gasteiger partial charge is 0.388 e. The van der Waals surface area contributed by atoms with Gasteiger partial charge >= 0.3 is 0 Å². The number of aliphatic hydroxyl groups excluding tert-OH is 4. The van der Waals surface area contributed by atoms with Crippen LogP contribution in [0.5, 0.6) is 0 Å². The summed E-state index contributed by atoms with van der Waals surface area (Å²) in [6.07, 6.45) is -5.23. The van der Waals surface area contributed by atoms with Gasteiger partial charge in [0.05, 0.1) is 6.61 Å². The van der Waals surface area contributed by atoms with Crippen molar-refractivity contribution in [3.63, 3.8) is 0 Å². The van der Waals surface area contributed by atoms with Gasteiger partial charge in [-0.05, 0) is 0 Å². The Labute approximate surface area is 57.5 Å². The van der Waals surface area contributed by atoms with Crippen molar-refractivity contribution in [2.45, 2.75) is 24.6 Å². The van der Waals surface area contributed by atoms with Gasteiger partial charge in [0.1, 0.15) is 18.3 Å². The summed E-state index contributed by atoms with van der Waals surface area (Å²) in [5.41, 5.74) is 0. The van der Waals surface area contributed by atoms with E-state index < -0.39 is 24.6 Å². The normalized spacial score (nSPS) is 49.2. The number of aliphatic hydroxyl groups is 4. The molecule has 5 heteroatoms. The minimum absolute atomic E-state index is 0.153. The van der Waals surface area contributed by atoms with Crippen molar-refractivity contribution in [2.75, 3.05) is 6.61 Å². The zero-order chi connectivity index (χ0) is 7.72. The molecule has 1 unspecified atom stereocenters. The van der Waals surface area contributed by atoms with Crippen LogP contribution in [0.25, 0.3) is 0 Å². The maximum absolute atomic E-state index is 8.88. The first-order chi connectivity index (χ1) is 4.63. The van der Waals surface area contributed by atoms with E-state index in [4.69, 9.17) is 20.4 Å². The van der Waals surface area contributed by atoms with E-state index in [9.17, 15) is 0 Å². The van der Waals surface area contributed by atoms with Gasteiger partial charge < -0.3 is 25.2 Å². The minimum Gasteiger partial charge on any atom is -0.388 e. The lowest BCUT2D eigenvalue weighted by atomic mass is 11.0. The van der Waals surface area contributed by atoms with Crippen LogP contribution in [0.3, 0.4) is 0 Å². The predicted molar refractivity (Wildman–Crippen MR) is 30.0 cm³/mol. The van der Waals surface area contributed by atoms with Gasteiger partial charge in [-0.15, -0.1) is 0 Å². The molecule has 1 aliphatic rings. The van der Waals surface area contributed by atoms with E-state index in [1.165, 1.54) is 0 Å². The van der Waals surface area contributed by atoms with Crippen LogP contribution in [0, 0.1) is 0 Å². The molecule has 0 aromatic rings. The van der Waals surface area contributed by atoms with Crippen LogP contribution >= 0.6 is 0 Å². The highest BCUT2D eigenvalue weighted by molar-refractivity contribution is 4.81. The van der Waals surface area contributed by atoms with Crippen molar-refractivity contribution in [2.24, 2.45) is 0 Å². The number of hydrogen-bond donors (Lipinski definition) is 4. The Morgan fingerprint density at radius 2 is 1.60 bits per heavy atom. The van der Waals surface area contributed by atoms with Gasteiger partial charge in [-0.1, -0.05) is 0 Å². The van der Waals surface area contributed by atoms with Crippen LogP contribution in [0.1, 0.15) is 0 Å². The van der Waals surface area contributed by atoms with E-state index in [1.807, 2.05) is 0 Å². The molecule has 1 aliphatic heterocycles. The number of hydrogen-bond acceptors (Lipinski definition) is 5. The lowest BCUT2D eigenvalue weighted by Crippen LogP contribution is -2.52. The molecule has 4 N–H and O–H groups in total. The second-order valence-corrected chi connectivity index (χ2v) is 2.27. The number of ether oxygens (including phenoxy) is 1. The highest BCUT2D eigenvalue weighted by atomic mass is 16.8. The summed E-state index contributed by atoms with van der Waals surface area (Å²) in [6, 6.07) is 0. The summed E-state index contributed by atoms with van der Waals surface area (Å²) in [5.74, 6) is 0. The molecule has 4 atom stereocenters. The first-order valence-corrected chi connectivity index (χ1v) is 2.97. The molecule has 1 saturated heterocycles. The monoisotopic (exact) mass is 155 g/mol. The topological polar surface area (TPSA) is 90.2 Å². The van der Waals surface area contributed by atoms with Crippen LogP contribution in [-0.4, -0.2) is 51.6 Å². The molecule has 0 amide bonds. The molecule has 0 aliphatic carbocycles. The van der Waals surface area contributed by atoms with Gasteiger partial charge in [-0.3, -0.25) is 0 Å². The summed E-state index contributed by atoms with van der Waals surface area (Å²) >= 11 is 0. The molecule has 5 nitrogen and oxygen atoms in total. The van der Waals surface area contributed by atoms with Crippen LogP contribution < -0.4 is 0 Å². The summed E-state index contributed by atoms with van der Waals surface area (Å²) in [4.78, 5) is 0. The lowest BCUT2D eigenvalue weighted by Gasteiger charge is -2.31. The van der Waals surface area contributed by atoms with E-state index in [2.05, 4.69) is 4.74 Å². The zero-order valence-corrected chi connectivity index (χ0v) is 5.21. The molecule has 0 saturated carbocycles. The second kappa shape index (κ2) is 2.81. The third-order valence-electron chi connectivity index (χ3n) is 1.47. The summed E-state index contributed by atoms with van der Waals surface area (Å²) in [5, 5.41) is 35.3. The zero-order valence-electron chi connectivity index (χ0n) is 5.21. The van der Waals surface area contributed by atoms with Gasteiger partial charge in [-0.25, -0.2) is 0 Å². The van der Waals surface area contributed by atoms with Crippen LogP contribution in [0.4, 0.5) is 0 Å². The van der Waals surface area contributed by atoms with Gasteiger partial charge in [-0.2, -0.15) is 0 Å². The van der Waals surface area contributed by atoms with Gasteiger partial charge in [0.25, 0.3) is 0 Å². The Kier molecular flexibility index (Phi) is 2.22. The molecule has 1 fully saturated rings. The third-order valence-corrected chi connectivity index (χ3v) is 1.47. The highest BCUT2D eigenvalue weighted by Gasteiger charge is 2.36. The second-order valence-electron chi connectivity index (χ2n) is 2.27. The van der Waals surface area contributed by atoms with Crippen LogP contribution in [0.15, 0.2) is 0 Å². The van der Waals surface area contributed by atoms with E-state index in [0.29, 0.717) is 0 Å². The first kappa shape index (κ1) is 7.90. The fraction of sp³-hybridized carbons (Fsp3) is 1.00. The summed E-state index contributed by atoms with van der Waals surface area (Å²) in [7, 11) is 0. The van der Waals surface area contributed by atoms with Crippen molar-refractivity contribution >= 4 is 0 Å². The van der Waals surface area contributed by atoms with Crippen molar-refractivity contribution in [3.05, 3.63) is 0 Å². The molecule has 60 valence electrons. The van der Waals surface area contributed by atoms with Crippen molar-refractivity contribution in [1.29, 1.82) is 0 Å². The molecule has 1 heterocycles.